The molecule has 1 aromatic rings. The molecular formula is C12H14N4O2. The predicted octanol–water partition coefficient (Wildman–Crippen LogP) is 0.851. The van der Waals surface area contributed by atoms with Crippen LogP contribution in [0.25, 0.3) is 0 Å². The van der Waals surface area contributed by atoms with E-state index in [9.17, 15) is 5.26 Å². The van der Waals surface area contributed by atoms with Gasteiger partial charge in [-0.15, -0.1) is 5.10 Å². The standard InChI is InChI=1S/C12H14N4O2/c1-6-9-11(16-15-6)18-10(14)8(5-13)12(9)3-4-17-7(12)2/h7H,3-4,14H2,1-2H3,(H,15,16)/t7?,12-/m1/s1. The van der Waals surface area contributed by atoms with E-state index < -0.39 is 5.41 Å². The molecule has 6 heteroatoms. The third-order valence-corrected chi connectivity index (χ3v) is 3.93. The van der Waals surface area contributed by atoms with Gasteiger partial charge in [-0.2, -0.15) is 5.26 Å². The Labute approximate surface area is 104 Å². The summed E-state index contributed by atoms with van der Waals surface area (Å²) in [5.74, 6) is 0.593. The summed E-state index contributed by atoms with van der Waals surface area (Å²) in [5.41, 5.74) is 7.57. The Morgan fingerprint density at radius 1 is 1.61 bits per heavy atom. The van der Waals surface area contributed by atoms with Crippen molar-refractivity contribution >= 4 is 0 Å². The summed E-state index contributed by atoms with van der Waals surface area (Å²) >= 11 is 0. The number of nitrogens with two attached hydrogens (primary N) is 1. The molecular weight excluding hydrogens is 232 g/mol. The number of aromatic nitrogens is 2. The van der Waals surface area contributed by atoms with Crippen LogP contribution in [0, 0.1) is 18.3 Å². The van der Waals surface area contributed by atoms with Crippen molar-refractivity contribution in [3.05, 3.63) is 22.7 Å². The summed E-state index contributed by atoms with van der Waals surface area (Å²) < 4.78 is 11.1. The van der Waals surface area contributed by atoms with E-state index in [0.717, 1.165) is 11.3 Å². The number of aromatic amines is 1. The molecule has 1 spiro atoms. The summed E-state index contributed by atoms with van der Waals surface area (Å²) in [7, 11) is 0. The van der Waals surface area contributed by atoms with Gasteiger partial charge in [0.05, 0.1) is 17.1 Å². The molecule has 2 aliphatic heterocycles. The maximum atomic E-state index is 9.40. The number of ether oxygens (including phenoxy) is 2. The SMILES string of the molecule is Cc1[nH]nc2c1[C@@]1(CCOC1C)C(C#N)=C(N)O2. The summed E-state index contributed by atoms with van der Waals surface area (Å²) in [6.07, 6.45) is 0.596. The number of nitrogens with zero attached hydrogens (tertiary/aromatic N) is 2. The summed E-state index contributed by atoms with van der Waals surface area (Å²) in [5, 5.41) is 16.4. The van der Waals surface area contributed by atoms with Gasteiger partial charge in [-0.3, -0.25) is 5.10 Å². The first-order valence-corrected chi connectivity index (χ1v) is 5.86. The Morgan fingerprint density at radius 3 is 3.00 bits per heavy atom. The van der Waals surface area contributed by atoms with Crippen LogP contribution in [0.1, 0.15) is 24.6 Å². The van der Waals surface area contributed by atoms with Gasteiger partial charge >= 0.3 is 0 Å². The smallest absolute Gasteiger partial charge is 0.244 e. The zero-order chi connectivity index (χ0) is 12.9. The van der Waals surface area contributed by atoms with Crippen LogP contribution in [0.4, 0.5) is 0 Å². The van der Waals surface area contributed by atoms with E-state index in [-0.39, 0.29) is 12.0 Å². The molecule has 3 rings (SSSR count). The van der Waals surface area contributed by atoms with E-state index in [1.807, 2.05) is 13.8 Å². The van der Waals surface area contributed by atoms with E-state index >= 15 is 0 Å². The second kappa shape index (κ2) is 3.50. The first-order chi connectivity index (χ1) is 8.61. The second-order valence-corrected chi connectivity index (χ2v) is 4.72. The van der Waals surface area contributed by atoms with Crippen LogP contribution in [-0.2, 0) is 10.2 Å². The van der Waals surface area contributed by atoms with Crippen molar-refractivity contribution in [3.8, 4) is 11.9 Å². The Hall–Kier alpha value is -2.00. The normalized spacial score (nSPS) is 30.2. The van der Waals surface area contributed by atoms with Gasteiger partial charge in [-0.1, -0.05) is 0 Å². The van der Waals surface area contributed by atoms with Crippen molar-refractivity contribution in [2.75, 3.05) is 6.61 Å². The van der Waals surface area contributed by atoms with E-state index in [2.05, 4.69) is 16.3 Å². The Kier molecular flexibility index (Phi) is 2.16. The number of hydrogen-bond acceptors (Lipinski definition) is 5. The minimum absolute atomic E-state index is 0.121. The van der Waals surface area contributed by atoms with Crippen LogP contribution < -0.4 is 10.5 Å². The molecule has 0 amide bonds. The maximum absolute atomic E-state index is 9.40. The maximum Gasteiger partial charge on any atom is 0.244 e. The van der Waals surface area contributed by atoms with Crippen LogP contribution in [-0.4, -0.2) is 22.9 Å². The Morgan fingerprint density at radius 2 is 2.39 bits per heavy atom. The van der Waals surface area contributed by atoms with Gasteiger partial charge in [0, 0.05) is 12.3 Å². The molecule has 2 atom stereocenters. The Balaban J connectivity index is 2.31. The highest BCUT2D eigenvalue weighted by Gasteiger charge is 2.53. The molecule has 1 aromatic heterocycles. The highest BCUT2D eigenvalue weighted by molar-refractivity contribution is 5.55. The van der Waals surface area contributed by atoms with Crippen LogP contribution in [0.2, 0.25) is 0 Å². The highest BCUT2D eigenvalue weighted by Crippen LogP contribution is 2.51. The van der Waals surface area contributed by atoms with E-state index in [1.54, 1.807) is 0 Å². The number of fused-ring (bicyclic) bond motifs is 2. The average molecular weight is 246 g/mol. The van der Waals surface area contributed by atoms with Crippen LogP contribution in [0.15, 0.2) is 11.5 Å². The minimum atomic E-state index is -0.524. The molecule has 1 fully saturated rings. The first kappa shape index (κ1) is 11.1. The quantitative estimate of drug-likeness (QED) is 0.707. The third-order valence-electron chi connectivity index (χ3n) is 3.93. The molecule has 94 valence electrons. The van der Waals surface area contributed by atoms with Gasteiger partial charge in [-0.25, -0.2) is 0 Å². The average Bonchev–Trinajstić information content (AvgIpc) is 2.86. The minimum Gasteiger partial charge on any atom is -0.420 e. The molecule has 3 N–H and O–H groups in total. The lowest BCUT2D eigenvalue weighted by Crippen LogP contribution is -2.41. The fraction of sp³-hybridized carbons (Fsp3) is 0.500. The molecule has 3 heterocycles. The lowest BCUT2D eigenvalue weighted by Gasteiger charge is -2.35. The molecule has 0 saturated carbocycles. The van der Waals surface area contributed by atoms with Crippen molar-refractivity contribution in [1.82, 2.24) is 10.2 Å². The molecule has 2 aliphatic rings. The topological polar surface area (TPSA) is 97.0 Å². The van der Waals surface area contributed by atoms with Crippen molar-refractivity contribution in [1.29, 1.82) is 5.26 Å². The zero-order valence-electron chi connectivity index (χ0n) is 10.3. The van der Waals surface area contributed by atoms with Gasteiger partial charge in [0.1, 0.15) is 11.6 Å². The van der Waals surface area contributed by atoms with Crippen molar-refractivity contribution in [3.63, 3.8) is 0 Å². The van der Waals surface area contributed by atoms with Gasteiger partial charge in [-0.05, 0) is 20.3 Å². The van der Waals surface area contributed by atoms with Crippen molar-refractivity contribution < 1.29 is 9.47 Å². The number of aryl methyl sites for hydroxylation is 1. The predicted molar refractivity (Wildman–Crippen MR) is 62.5 cm³/mol. The molecule has 6 nitrogen and oxygen atoms in total. The zero-order valence-corrected chi connectivity index (χ0v) is 10.3. The summed E-state index contributed by atoms with van der Waals surface area (Å²) in [6, 6.07) is 2.18. The van der Waals surface area contributed by atoms with Crippen molar-refractivity contribution in [2.45, 2.75) is 31.8 Å². The Bertz CT molecular complexity index is 583. The molecule has 1 unspecified atom stereocenters. The number of rotatable bonds is 0. The molecule has 0 aliphatic carbocycles. The third kappa shape index (κ3) is 1.12. The molecule has 1 saturated heterocycles. The molecule has 18 heavy (non-hydrogen) atoms. The van der Waals surface area contributed by atoms with Gasteiger partial charge in [0.25, 0.3) is 0 Å². The van der Waals surface area contributed by atoms with E-state index in [4.69, 9.17) is 15.2 Å². The van der Waals surface area contributed by atoms with Crippen LogP contribution in [0.5, 0.6) is 5.88 Å². The molecule has 0 radical (unpaired) electrons. The number of hydrogen-bond donors (Lipinski definition) is 2. The van der Waals surface area contributed by atoms with Crippen LogP contribution in [0.3, 0.4) is 0 Å². The summed E-state index contributed by atoms with van der Waals surface area (Å²) in [6.45, 7) is 4.47. The molecule has 0 aromatic carbocycles. The van der Waals surface area contributed by atoms with Gasteiger partial charge < -0.3 is 15.2 Å². The van der Waals surface area contributed by atoms with E-state index in [0.29, 0.717) is 24.5 Å². The lowest BCUT2D eigenvalue weighted by atomic mass is 9.69. The van der Waals surface area contributed by atoms with Crippen molar-refractivity contribution in [2.24, 2.45) is 5.73 Å². The monoisotopic (exact) mass is 246 g/mol. The number of nitriles is 1. The fourth-order valence-electron chi connectivity index (χ4n) is 3.06. The molecule has 0 bridgehead atoms. The van der Waals surface area contributed by atoms with Gasteiger partial charge in [0.2, 0.25) is 11.8 Å². The largest absolute Gasteiger partial charge is 0.420 e. The fourth-order valence-corrected chi connectivity index (χ4v) is 3.06. The second-order valence-electron chi connectivity index (χ2n) is 4.72. The lowest BCUT2D eigenvalue weighted by molar-refractivity contribution is 0.0996. The van der Waals surface area contributed by atoms with Gasteiger partial charge in [0.15, 0.2) is 0 Å². The highest BCUT2D eigenvalue weighted by atomic mass is 16.5. The first-order valence-electron chi connectivity index (χ1n) is 5.86. The van der Waals surface area contributed by atoms with E-state index in [1.165, 1.54) is 0 Å². The summed E-state index contributed by atoms with van der Waals surface area (Å²) in [4.78, 5) is 0. The number of H-pyrrole nitrogens is 1. The van der Waals surface area contributed by atoms with Crippen LogP contribution >= 0.6 is 0 Å². The number of nitrogens with one attached hydrogen (secondary N) is 1.